The summed E-state index contributed by atoms with van der Waals surface area (Å²) in [5.41, 5.74) is 6.13. The molecular formula is C73H107N11O35. The number of nitrogens with two attached hydrogens (primary N) is 1. The number of nitrogens with one attached hydrogen (secondary N) is 7. The number of hydrogen-bond donors (Lipinski definition) is 27. The van der Waals surface area contributed by atoms with E-state index in [-0.39, 0.29) is 29.1 Å². The van der Waals surface area contributed by atoms with Gasteiger partial charge in [0.2, 0.25) is 41.4 Å². The van der Waals surface area contributed by atoms with Gasteiger partial charge in [-0.2, -0.15) is 4.98 Å². The Morgan fingerprint density at radius 1 is 0.420 bits per heavy atom. The van der Waals surface area contributed by atoms with E-state index in [1.165, 1.54) is 18.3 Å². The van der Waals surface area contributed by atoms with Crippen molar-refractivity contribution in [1.29, 1.82) is 0 Å². The predicted molar refractivity (Wildman–Crippen MR) is 402 cm³/mol. The number of aromatic amines is 1. The van der Waals surface area contributed by atoms with E-state index in [0.29, 0.717) is 17.7 Å². The molecule has 19 atom stereocenters. The van der Waals surface area contributed by atoms with Gasteiger partial charge >= 0.3 is 23.9 Å². The maximum atomic E-state index is 14.8. The van der Waals surface area contributed by atoms with Gasteiger partial charge in [0.1, 0.15) is 60.7 Å². The molecule has 28 N–H and O–H groups in total. The summed E-state index contributed by atoms with van der Waals surface area (Å²) < 4.78 is 0. The minimum atomic E-state index is -2.21. The second-order valence-electron chi connectivity index (χ2n) is 28.6. The van der Waals surface area contributed by atoms with Crippen molar-refractivity contribution in [2.75, 3.05) is 45.2 Å². The summed E-state index contributed by atoms with van der Waals surface area (Å²) in [5.74, 6) is -25.0. The fourth-order valence-electron chi connectivity index (χ4n) is 11.9. The SMILES string of the molecule is CC(=O)[C@H](CCC(=O)NC[C@H](O)[C@@H](O)[C@H](O)[C@H](O)CO)CC(=O)[C@H](CCC(=O)O)NC(=O)[C@H](CCC(=O)NC[C@H](O)[C@@H](O)[C@H](O)[C@H](O)CO)CC(=O)[C@H](CCC(=O)O)NC(=O)[C@H](CCC(=O)NC[C@H](O)[C@@H](O)[C@H](O)[C@H](O)CO)CC(=O)[C@H](CCC(=O)O)NC(=O)CC[C@H](CC(=O)c1ccc(CCc2cnc3nc(N)[nH]c(=O)c3n2)cc1)C(=O)O. The second-order valence-corrected chi connectivity index (χ2v) is 28.6. The Morgan fingerprint density at radius 2 is 0.773 bits per heavy atom. The minimum absolute atomic E-state index is 0.0266. The number of amides is 6. The number of aliphatic carboxylic acids is 4. The van der Waals surface area contributed by atoms with Crippen molar-refractivity contribution in [3.63, 3.8) is 0 Å². The molecule has 0 radical (unpaired) electrons. The number of carbonyl (C=O) groups is 15. The number of carbonyl (C=O) groups excluding carboxylic acids is 11. The quantitative estimate of drug-likeness (QED) is 0.0233. The summed E-state index contributed by atoms with van der Waals surface area (Å²) in [5, 5.41) is 202. The molecule has 3 aromatic rings. The van der Waals surface area contributed by atoms with Gasteiger partial charge in [0.15, 0.2) is 34.3 Å². The van der Waals surface area contributed by atoms with Crippen LogP contribution in [0.15, 0.2) is 35.3 Å². The topological polar surface area (TPSA) is 810 Å². The zero-order valence-corrected chi connectivity index (χ0v) is 64.7. The molecule has 46 nitrogen and oxygen atoms in total. The standard InChI is InChI=1S/C73H107N11O35/c1-33(88)36(7-15-54(99)75-27-48(93)62(109)65(112)51(96)30-85)22-45(90)42(13-20-59(105)106)81-70(116)38(9-17-56(101)77-29-50(95)64(111)67(114)53(98)32-87)24-47(92)43(14-21-60(107)108)82-69(115)37(8-16-55(100)76-28-49(94)63(110)66(113)52(97)31-86)23-46(91)41(12-19-58(103)104)80-57(102)18-10-39(72(118)119)25-44(89)35-5-2-34(3-6-35)4-11-40-26-78-68-61(79-40)71(117)84-73(74)83-68/h2-3,5-6,26,36-39,41-43,48-53,62-67,85-87,93-98,109-114H,4,7-25,27-32H2,1H3,(H,75,99)(H,76,100)(H,77,101)(H,80,102)(H,81,116)(H,82,115)(H,103,104)(H,105,106)(H,107,108)(H,118,119)(H3,74,78,83,84,117)/t36-,37-,38-,39-,41+,42+,43+,48+,49+,50+,51-,52-,53-,62-,63-,64-,65-,66-,67-/m1/s1. The van der Waals surface area contributed by atoms with Gasteiger partial charge in [-0.1, -0.05) is 24.3 Å². The highest BCUT2D eigenvalue weighted by Gasteiger charge is 2.38. The molecule has 3 rings (SSSR count). The van der Waals surface area contributed by atoms with Crippen LogP contribution in [0.1, 0.15) is 144 Å². The molecule has 0 fully saturated rings. The first-order valence-corrected chi connectivity index (χ1v) is 37.7. The first-order chi connectivity index (χ1) is 55.9. The number of benzene rings is 1. The summed E-state index contributed by atoms with van der Waals surface area (Å²) in [6.07, 6.45) is -37.3. The van der Waals surface area contributed by atoms with Crippen LogP contribution in [0.3, 0.4) is 0 Å². The molecule has 2 aromatic heterocycles. The minimum Gasteiger partial charge on any atom is -0.481 e. The van der Waals surface area contributed by atoms with Crippen LogP contribution < -0.4 is 43.2 Å². The van der Waals surface area contributed by atoms with Crippen LogP contribution in [-0.4, -0.2) is 336 Å². The Kier molecular flexibility index (Phi) is 44.9. The monoisotopic (exact) mass is 1700 g/mol. The first kappa shape index (κ1) is 103. The number of anilines is 1. The van der Waals surface area contributed by atoms with Gasteiger partial charge < -0.3 is 135 Å². The third-order valence-corrected chi connectivity index (χ3v) is 19.3. The molecule has 119 heavy (non-hydrogen) atoms. The Labute approximate surface area is 677 Å². The third kappa shape index (κ3) is 36.4. The van der Waals surface area contributed by atoms with Gasteiger partial charge in [-0.3, -0.25) is 81.7 Å². The molecular weight excluding hydrogens is 1590 g/mol. The molecule has 0 saturated heterocycles. The van der Waals surface area contributed by atoms with Gasteiger partial charge in [0.05, 0.1) is 74.1 Å². The molecule has 0 aliphatic carbocycles. The molecule has 0 aliphatic rings. The molecule has 0 bridgehead atoms. The fraction of sp³-hybridized carbons (Fsp3) is 0.630. The fourth-order valence-corrected chi connectivity index (χ4v) is 11.9. The number of aryl methyl sites for hydroxylation is 2. The highest BCUT2D eigenvalue weighted by molar-refractivity contribution is 5.99. The van der Waals surface area contributed by atoms with Crippen molar-refractivity contribution in [2.24, 2.45) is 23.7 Å². The van der Waals surface area contributed by atoms with Crippen LogP contribution in [0, 0.1) is 23.7 Å². The van der Waals surface area contributed by atoms with Crippen molar-refractivity contribution in [2.45, 2.75) is 227 Å². The zero-order valence-electron chi connectivity index (χ0n) is 64.7. The van der Waals surface area contributed by atoms with Gasteiger partial charge in [0, 0.05) is 114 Å². The van der Waals surface area contributed by atoms with E-state index in [9.17, 15) is 169 Å². The number of nitrogen functional groups attached to an aromatic ring is 1. The summed E-state index contributed by atoms with van der Waals surface area (Å²) in [4.78, 5) is 228. The van der Waals surface area contributed by atoms with Gasteiger partial charge in [-0.05, 0) is 70.3 Å². The third-order valence-electron chi connectivity index (χ3n) is 19.3. The molecule has 0 unspecified atom stereocenters. The van der Waals surface area contributed by atoms with Crippen molar-refractivity contribution < 1.29 is 169 Å². The molecule has 0 saturated carbocycles. The number of hydrogen-bond acceptors (Lipinski definition) is 35. The lowest BCUT2D eigenvalue weighted by Gasteiger charge is -2.26. The van der Waals surface area contributed by atoms with Gasteiger partial charge in [0.25, 0.3) is 5.56 Å². The van der Waals surface area contributed by atoms with E-state index in [1.54, 1.807) is 12.1 Å². The van der Waals surface area contributed by atoms with Gasteiger partial charge in [-0.25, -0.2) is 9.97 Å². The zero-order chi connectivity index (χ0) is 89.7. The smallest absolute Gasteiger partial charge is 0.306 e. The summed E-state index contributed by atoms with van der Waals surface area (Å²) >= 11 is 0. The number of aromatic nitrogens is 4. The maximum Gasteiger partial charge on any atom is 0.306 e. The summed E-state index contributed by atoms with van der Waals surface area (Å²) in [7, 11) is 0. The van der Waals surface area contributed by atoms with Crippen LogP contribution >= 0.6 is 0 Å². The lowest BCUT2D eigenvalue weighted by molar-refractivity contribution is -0.142. The van der Waals surface area contributed by atoms with Crippen LogP contribution in [0.5, 0.6) is 0 Å². The predicted octanol–water partition coefficient (Wildman–Crippen LogP) is -9.50. The molecule has 0 aliphatic heterocycles. The molecule has 6 amide bonds. The number of rotatable bonds is 61. The van der Waals surface area contributed by atoms with Crippen LogP contribution in [0.25, 0.3) is 11.2 Å². The lowest BCUT2D eigenvalue weighted by atomic mass is 9.88. The summed E-state index contributed by atoms with van der Waals surface area (Å²) in [6, 6.07) is 0.174. The number of ketones is 5. The van der Waals surface area contributed by atoms with E-state index in [0.717, 1.165) is 6.92 Å². The van der Waals surface area contributed by atoms with Crippen molar-refractivity contribution in [3.8, 4) is 0 Å². The number of H-pyrrole nitrogens is 1. The van der Waals surface area contributed by atoms with Crippen molar-refractivity contribution in [1.82, 2.24) is 51.8 Å². The maximum absolute atomic E-state index is 14.8. The van der Waals surface area contributed by atoms with Crippen molar-refractivity contribution >= 4 is 105 Å². The largest absolute Gasteiger partial charge is 0.481 e. The second kappa shape index (κ2) is 51.9. The average Bonchev–Trinajstić information content (AvgIpc) is 0.811. The van der Waals surface area contributed by atoms with Crippen LogP contribution in [0.4, 0.5) is 5.95 Å². The molecule has 664 valence electrons. The number of aliphatic hydroxyl groups is 15. The van der Waals surface area contributed by atoms with E-state index in [2.05, 4.69) is 51.8 Å². The van der Waals surface area contributed by atoms with E-state index in [4.69, 9.17) is 10.8 Å². The lowest BCUT2D eigenvalue weighted by Crippen LogP contribution is -2.50. The number of fused-ring (bicyclic) bond motifs is 1. The van der Waals surface area contributed by atoms with Crippen LogP contribution in [-0.2, 0) is 80.0 Å². The molecule has 2 heterocycles. The number of nitrogens with zero attached hydrogens (tertiary/aromatic N) is 3. The van der Waals surface area contributed by atoms with Crippen molar-refractivity contribution in [3.05, 3.63) is 57.6 Å². The Bertz CT molecular complexity index is 3980. The Morgan fingerprint density at radius 3 is 1.14 bits per heavy atom. The number of aliphatic hydroxyl groups excluding tert-OH is 15. The number of carboxylic acid groups (broad SMARTS) is 4. The van der Waals surface area contributed by atoms with E-state index in [1.807, 2.05) is 0 Å². The normalized spacial score (nSPS) is 16.3. The highest BCUT2D eigenvalue weighted by Crippen LogP contribution is 2.24. The number of carboxylic acids is 4. The molecule has 46 heteroatoms. The molecule has 0 spiro atoms. The molecule has 1 aromatic carbocycles. The average molecular weight is 1700 g/mol. The first-order valence-electron chi connectivity index (χ1n) is 37.7. The van der Waals surface area contributed by atoms with E-state index >= 15 is 0 Å². The Balaban J connectivity index is 2.03. The van der Waals surface area contributed by atoms with Gasteiger partial charge in [-0.15, -0.1) is 0 Å². The van der Waals surface area contributed by atoms with Crippen LogP contribution in [0.2, 0.25) is 0 Å². The highest BCUT2D eigenvalue weighted by atomic mass is 16.4. The summed E-state index contributed by atoms with van der Waals surface area (Å²) in [6.45, 7) is -4.74. The Hall–Kier alpha value is -10.3. The van der Waals surface area contributed by atoms with E-state index < -0.39 is 364 Å². The number of Topliss-reactive ketones (excluding diaryl/α,β-unsaturated/α-hetero) is 5.